The molecule has 3 rings (SSSR count). The van der Waals surface area contributed by atoms with Crippen LogP contribution in [-0.2, 0) is 15.0 Å². The molecule has 0 saturated carbocycles. The third-order valence-electron chi connectivity index (χ3n) is 3.86. The summed E-state index contributed by atoms with van der Waals surface area (Å²) in [5.74, 6) is -0.448. The van der Waals surface area contributed by atoms with Gasteiger partial charge in [-0.1, -0.05) is 30.3 Å². The summed E-state index contributed by atoms with van der Waals surface area (Å²) in [7, 11) is 0. The molecule has 0 radical (unpaired) electrons. The number of carbonyl (C=O) groups is 2. The van der Waals surface area contributed by atoms with Gasteiger partial charge in [0.1, 0.15) is 0 Å². The average molecular weight is 230 g/mol. The van der Waals surface area contributed by atoms with Crippen LogP contribution in [0, 0.1) is 5.92 Å². The normalized spacial score (nSPS) is 32.1. The summed E-state index contributed by atoms with van der Waals surface area (Å²) in [4.78, 5) is 23.5. The number of piperidine rings is 1. The van der Waals surface area contributed by atoms with Crippen LogP contribution in [0.1, 0.15) is 12.0 Å². The minimum Gasteiger partial charge on any atom is -0.315 e. The molecule has 2 fully saturated rings. The molecular weight excluding hydrogens is 216 g/mol. The Morgan fingerprint density at radius 2 is 1.94 bits per heavy atom. The summed E-state index contributed by atoms with van der Waals surface area (Å²) in [6.45, 7) is 1.34. The van der Waals surface area contributed by atoms with Crippen LogP contribution in [0.25, 0.3) is 0 Å². The molecule has 2 atom stereocenters. The van der Waals surface area contributed by atoms with Gasteiger partial charge in [-0.2, -0.15) is 0 Å². The highest BCUT2D eigenvalue weighted by atomic mass is 16.2. The monoisotopic (exact) mass is 230 g/mol. The predicted octanol–water partition coefficient (Wildman–Crippen LogP) is 0.190. The number of amides is 2. The number of nitrogens with one attached hydrogen (secondary N) is 2. The topological polar surface area (TPSA) is 58.2 Å². The number of carbonyl (C=O) groups excluding carboxylic acids is 2. The first-order valence-corrected chi connectivity index (χ1v) is 5.82. The zero-order valence-corrected chi connectivity index (χ0v) is 9.40. The Kier molecular flexibility index (Phi) is 2.26. The number of benzene rings is 1. The summed E-state index contributed by atoms with van der Waals surface area (Å²) >= 11 is 0. The van der Waals surface area contributed by atoms with Crippen molar-refractivity contribution in [3.63, 3.8) is 0 Å². The van der Waals surface area contributed by atoms with Crippen LogP contribution in [0.15, 0.2) is 30.3 Å². The summed E-state index contributed by atoms with van der Waals surface area (Å²) in [6.07, 6.45) is 0.389. The molecule has 4 heteroatoms. The molecule has 1 aromatic rings. The number of hydrogen-bond acceptors (Lipinski definition) is 3. The maximum Gasteiger partial charge on any atom is 0.231 e. The van der Waals surface area contributed by atoms with Gasteiger partial charge in [-0.05, 0) is 5.56 Å². The molecule has 0 bridgehead atoms. The maximum atomic E-state index is 11.9. The number of rotatable bonds is 1. The van der Waals surface area contributed by atoms with Crippen LogP contribution < -0.4 is 10.6 Å². The summed E-state index contributed by atoms with van der Waals surface area (Å²) in [5.41, 5.74) is 0.735. The van der Waals surface area contributed by atoms with Gasteiger partial charge in [0.25, 0.3) is 0 Å². The lowest BCUT2D eigenvalue weighted by atomic mass is 9.68. The van der Waals surface area contributed by atoms with Crippen LogP contribution in [0.3, 0.4) is 0 Å². The molecule has 4 nitrogen and oxygen atoms in total. The summed E-state index contributed by atoms with van der Waals surface area (Å²) in [5, 5.41) is 5.67. The first-order chi connectivity index (χ1) is 8.22. The Balaban J connectivity index is 2.09. The molecular formula is C13H14N2O2. The van der Waals surface area contributed by atoms with Crippen molar-refractivity contribution in [3.05, 3.63) is 35.9 Å². The van der Waals surface area contributed by atoms with E-state index in [1.807, 2.05) is 30.3 Å². The van der Waals surface area contributed by atoms with Gasteiger partial charge in [0.2, 0.25) is 11.8 Å². The van der Waals surface area contributed by atoms with Crippen molar-refractivity contribution in [3.8, 4) is 0 Å². The molecule has 2 saturated heterocycles. The van der Waals surface area contributed by atoms with Crippen LogP contribution in [0.4, 0.5) is 0 Å². The second-order valence-electron chi connectivity index (χ2n) is 4.79. The first kappa shape index (κ1) is 10.5. The van der Waals surface area contributed by atoms with Gasteiger partial charge in [-0.3, -0.25) is 14.9 Å². The Morgan fingerprint density at radius 1 is 1.18 bits per heavy atom. The van der Waals surface area contributed by atoms with Crippen molar-refractivity contribution in [1.29, 1.82) is 0 Å². The molecule has 0 aromatic heterocycles. The average Bonchev–Trinajstić information content (AvgIpc) is 2.75. The van der Waals surface area contributed by atoms with E-state index in [4.69, 9.17) is 0 Å². The largest absolute Gasteiger partial charge is 0.315 e. The molecule has 0 unspecified atom stereocenters. The molecule has 2 aliphatic rings. The van der Waals surface area contributed by atoms with E-state index in [2.05, 4.69) is 10.6 Å². The quantitative estimate of drug-likeness (QED) is 0.677. The highest BCUT2D eigenvalue weighted by Crippen LogP contribution is 2.40. The van der Waals surface area contributed by atoms with E-state index in [0.717, 1.165) is 5.56 Å². The van der Waals surface area contributed by atoms with Crippen molar-refractivity contribution in [1.82, 2.24) is 10.6 Å². The number of fused-ring (bicyclic) bond motifs is 1. The molecule has 1 aromatic carbocycles. The highest BCUT2D eigenvalue weighted by Gasteiger charge is 2.52. The fourth-order valence-electron chi connectivity index (χ4n) is 3.02. The van der Waals surface area contributed by atoms with Crippen LogP contribution >= 0.6 is 0 Å². The fraction of sp³-hybridized carbons (Fsp3) is 0.385. The van der Waals surface area contributed by atoms with Crippen LogP contribution in [0.2, 0.25) is 0 Å². The predicted molar refractivity (Wildman–Crippen MR) is 62.2 cm³/mol. The van der Waals surface area contributed by atoms with Gasteiger partial charge in [0, 0.05) is 24.9 Å². The van der Waals surface area contributed by atoms with E-state index in [-0.39, 0.29) is 23.1 Å². The van der Waals surface area contributed by atoms with E-state index in [1.54, 1.807) is 0 Å². The molecule has 2 amide bonds. The Hall–Kier alpha value is -1.68. The minimum absolute atomic E-state index is 0.136. The molecule has 2 aliphatic heterocycles. The van der Waals surface area contributed by atoms with Gasteiger partial charge in [0.05, 0.1) is 5.92 Å². The molecule has 2 heterocycles. The van der Waals surface area contributed by atoms with Gasteiger partial charge >= 0.3 is 0 Å². The smallest absolute Gasteiger partial charge is 0.231 e. The van der Waals surface area contributed by atoms with E-state index in [9.17, 15) is 9.59 Å². The molecule has 0 spiro atoms. The van der Waals surface area contributed by atoms with Crippen molar-refractivity contribution in [2.45, 2.75) is 11.8 Å². The third-order valence-corrected chi connectivity index (χ3v) is 3.86. The zero-order valence-electron chi connectivity index (χ0n) is 9.40. The first-order valence-electron chi connectivity index (χ1n) is 5.82. The standard InChI is InChI=1S/C13H14N2O2/c16-11-6-13(9-4-2-1-3-5-9)8-14-7-10(13)12(17)15-11/h1-5,10,14H,6-8H2,(H,15,16,17)/t10-,13-/m0/s1. The van der Waals surface area contributed by atoms with Crippen molar-refractivity contribution in [2.75, 3.05) is 13.1 Å². The second kappa shape index (κ2) is 3.67. The fourth-order valence-corrected chi connectivity index (χ4v) is 3.02. The van der Waals surface area contributed by atoms with Gasteiger partial charge in [0.15, 0.2) is 0 Å². The van der Waals surface area contributed by atoms with Crippen molar-refractivity contribution < 1.29 is 9.59 Å². The lowest BCUT2D eigenvalue weighted by Crippen LogP contribution is -2.54. The van der Waals surface area contributed by atoms with E-state index in [0.29, 0.717) is 19.5 Å². The lowest BCUT2D eigenvalue weighted by Gasteiger charge is -2.37. The van der Waals surface area contributed by atoms with E-state index < -0.39 is 0 Å². The molecule has 17 heavy (non-hydrogen) atoms. The van der Waals surface area contributed by atoms with Gasteiger partial charge in [-0.25, -0.2) is 0 Å². The van der Waals surface area contributed by atoms with Gasteiger partial charge in [-0.15, -0.1) is 0 Å². The molecule has 88 valence electrons. The maximum absolute atomic E-state index is 11.9. The third kappa shape index (κ3) is 1.48. The second-order valence-corrected chi connectivity index (χ2v) is 4.79. The lowest BCUT2D eigenvalue weighted by molar-refractivity contribution is -0.138. The van der Waals surface area contributed by atoms with Crippen LogP contribution in [0.5, 0.6) is 0 Å². The minimum atomic E-state index is -0.347. The highest BCUT2D eigenvalue weighted by molar-refractivity contribution is 6.01. The Morgan fingerprint density at radius 3 is 2.71 bits per heavy atom. The van der Waals surface area contributed by atoms with Crippen LogP contribution in [-0.4, -0.2) is 24.9 Å². The Labute approximate surface area is 99.4 Å². The van der Waals surface area contributed by atoms with Crippen molar-refractivity contribution in [2.24, 2.45) is 5.92 Å². The molecule has 0 aliphatic carbocycles. The Bertz CT molecular complexity index is 472. The summed E-state index contributed by atoms with van der Waals surface area (Å²) < 4.78 is 0. The molecule has 2 N–H and O–H groups in total. The number of imide groups is 1. The van der Waals surface area contributed by atoms with Crippen molar-refractivity contribution >= 4 is 11.8 Å². The van der Waals surface area contributed by atoms with E-state index >= 15 is 0 Å². The van der Waals surface area contributed by atoms with Gasteiger partial charge < -0.3 is 5.32 Å². The summed E-state index contributed by atoms with van der Waals surface area (Å²) in [6, 6.07) is 9.87. The SMILES string of the molecule is O=C1C[C@@]2(c3ccccc3)CNC[C@H]2C(=O)N1. The number of hydrogen-bond donors (Lipinski definition) is 2. The zero-order chi connectivity index (χ0) is 11.9. The van der Waals surface area contributed by atoms with E-state index in [1.165, 1.54) is 0 Å².